The molecule has 0 aromatic carbocycles. The molecule has 3 nitrogen and oxygen atoms in total. The highest BCUT2D eigenvalue weighted by Gasteiger charge is 2.42. The zero-order valence-corrected chi connectivity index (χ0v) is 10.3. The first-order valence-corrected chi connectivity index (χ1v) is 6.48. The first kappa shape index (κ1) is 11.6. The molecule has 16 heavy (non-hydrogen) atoms. The van der Waals surface area contributed by atoms with E-state index in [1.807, 2.05) is 12.1 Å². The molecule has 88 valence electrons. The van der Waals surface area contributed by atoms with Gasteiger partial charge in [0.1, 0.15) is 0 Å². The van der Waals surface area contributed by atoms with Crippen molar-refractivity contribution >= 4 is 17.2 Å². The summed E-state index contributed by atoms with van der Waals surface area (Å²) >= 11 is 1.55. The van der Waals surface area contributed by atoms with Crippen molar-refractivity contribution < 1.29 is 9.90 Å². The van der Waals surface area contributed by atoms with Crippen molar-refractivity contribution in [2.45, 2.75) is 26.2 Å². The Labute approximate surface area is 99.5 Å². The van der Waals surface area contributed by atoms with Crippen LogP contribution in [-0.2, 0) is 6.42 Å². The third-order valence-electron chi connectivity index (χ3n) is 3.15. The number of aliphatic hydroxyl groups is 1. The molecule has 0 radical (unpaired) electrons. The molecule has 1 aromatic rings. The van der Waals surface area contributed by atoms with Crippen molar-refractivity contribution in [3.8, 4) is 0 Å². The maximum Gasteiger partial charge on any atom is 0.261 e. The molecule has 0 spiro atoms. The maximum absolute atomic E-state index is 11.8. The van der Waals surface area contributed by atoms with E-state index < -0.39 is 0 Å². The van der Waals surface area contributed by atoms with Gasteiger partial charge >= 0.3 is 0 Å². The Balaban J connectivity index is 1.88. The zero-order chi connectivity index (χ0) is 11.6. The average Bonchev–Trinajstić information content (AvgIpc) is 2.94. The molecule has 0 atom stereocenters. The van der Waals surface area contributed by atoms with E-state index in [1.54, 1.807) is 11.3 Å². The van der Waals surface area contributed by atoms with Crippen molar-refractivity contribution in [1.29, 1.82) is 0 Å². The lowest BCUT2D eigenvalue weighted by atomic mass is 10.1. The van der Waals surface area contributed by atoms with Gasteiger partial charge in [0.15, 0.2) is 0 Å². The summed E-state index contributed by atoms with van der Waals surface area (Å²) in [5, 5.41) is 12.0. The van der Waals surface area contributed by atoms with Gasteiger partial charge in [-0.3, -0.25) is 4.79 Å². The quantitative estimate of drug-likeness (QED) is 0.823. The predicted molar refractivity (Wildman–Crippen MR) is 64.8 cm³/mol. The molecule has 1 fully saturated rings. The number of carbonyl (C=O) groups is 1. The van der Waals surface area contributed by atoms with E-state index in [2.05, 4.69) is 12.2 Å². The number of aliphatic hydroxyl groups excluding tert-OH is 1. The lowest BCUT2D eigenvalue weighted by Gasteiger charge is -2.11. The van der Waals surface area contributed by atoms with Crippen LogP contribution in [0.25, 0.3) is 0 Å². The fourth-order valence-electron chi connectivity index (χ4n) is 1.61. The van der Waals surface area contributed by atoms with Gasteiger partial charge in [0, 0.05) is 16.8 Å². The second-order valence-electron chi connectivity index (χ2n) is 4.46. The van der Waals surface area contributed by atoms with E-state index in [1.165, 1.54) is 4.88 Å². The number of hydrogen-bond donors (Lipinski definition) is 2. The van der Waals surface area contributed by atoms with Crippen LogP contribution >= 0.6 is 11.3 Å². The summed E-state index contributed by atoms with van der Waals surface area (Å²) in [4.78, 5) is 13.8. The fraction of sp³-hybridized carbons (Fsp3) is 0.583. The smallest absolute Gasteiger partial charge is 0.261 e. The molecule has 0 aliphatic heterocycles. The van der Waals surface area contributed by atoms with E-state index in [9.17, 15) is 4.79 Å². The first-order valence-electron chi connectivity index (χ1n) is 5.67. The molecule has 0 saturated heterocycles. The molecule has 1 saturated carbocycles. The van der Waals surface area contributed by atoms with Crippen molar-refractivity contribution in [2.75, 3.05) is 13.2 Å². The molecule has 4 heteroatoms. The van der Waals surface area contributed by atoms with Crippen LogP contribution in [0.2, 0.25) is 0 Å². The number of hydrogen-bond acceptors (Lipinski definition) is 3. The first-order chi connectivity index (χ1) is 7.69. The zero-order valence-electron chi connectivity index (χ0n) is 9.45. The van der Waals surface area contributed by atoms with Gasteiger partial charge in [0.25, 0.3) is 5.91 Å². The highest BCUT2D eigenvalue weighted by atomic mass is 32.1. The van der Waals surface area contributed by atoms with Crippen molar-refractivity contribution in [3.63, 3.8) is 0 Å². The van der Waals surface area contributed by atoms with Crippen molar-refractivity contribution in [3.05, 3.63) is 21.9 Å². The van der Waals surface area contributed by atoms with E-state index >= 15 is 0 Å². The van der Waals surface area contributed by atoms with Crippen LogP contribution < -0.4 is 5.32 Å². The topological polar surface area (TPSA) is 49.3 Å². The molecular weight excluding hydrogens is 222 g/mol. The van der Waals surface area contributed by atoms with Crippen LogP contribution in [0.3, 0.4) is 0 Å². The summed E-state index contributed by atoms with van der Waals surface area (Å²) in [6.07, 6.45) is 3.02. The number of carbonyl (C=O) groups excluding carboxylic acids is 1. The number of nitrogens with one attached hydrogen (secondary N) is 1. The molecule has 1 aromatic heterocycles. The normalized spacial score (nSPS) is 17.1. The second kappa shape index (κ2) is 4.55. The van der Waals surface area contributed by atoms with E-state index in [-0.39, 0.29) is 17.9 Å². The summed E-state index contributed by atoms with van der Waals surface area (Å²) in [6.45, 7) is 2.86. The van der Waals surface area contributed by atoms with Gasteiger partial charge in [0.2, 0.25) is 0 Å². The largest absolute Gasteiger partial charge is 0.396 e. The minimum absolute atomic E-state index is 0.00979. The summed E-state index contributed by atoms with van der Waals surface area (Å²) in [5.41, 5.74) is -0.0134. The molecule has 1 heterocycles. The van der Waals surface area contributed by atoms with Crippen LogP contribution in [0.4, 0.5) is 0 Å². The molecule has 1 aliphatic carbocycles. The third-order valence-corrected chi connectivity index (χ3v) is 4.38. The Morgan fingerprint density at radius 1 is 1.56 bits per heavy atom. The Morgan fingerprint density at radius 2 is 2.31 bits per heavy atom. The molecule has 0 unspecified atom stereocenters. The maximum atomic E-state index is 11.8. The fourth-order valence-corrected chi connectivity index (χ4v) is 2.48. The number of rotatable bonds is 5. The molecule has 2 rings (SSSR count). The number of amides is 1. The summed E-state index contributed by atoms with van der Waals surface area (Å²) in [6, 6.07) is 3.87. The summed E-state index contributed by atoms with van der Waals surface area (Å²) in [7, 11) is 0. The Hall–Kier alpha value is -0.870. The van der Waals surface area contributed by atoms with Gasteiger partial charge in [-0.05, 0) is 31.4 Å². The molecule has 2 N–H and O–H groups in total. The average molecular weight is 239 g/mol. The van der Waals surface area contributed by atoms with Gasteiger partial charge in [0.05, 0.1) is 11.5 Å². The Morgan fingerprint density at radius 3 is 2.81 bits per heavy atom. The van der Waals surface area contributed by atoms with Gasteiger partial charge in [-0.2, -0.15) is 0 Å². The van der Waals surface area contributed by atoms with Crippen LogP contribution in [0.1, 0.15) is 34.3 Å². The molecule has 1 amide bonds. The van der Waals surface area contributed by atoms with Crippen LogP contribution in [0, 0.1) is 5.41 Å². The molecule has 1 aliphatic rings. The summed E-state index contributed by atoms with van der Waals surface area (Å²) < 4.78 is 0. The van der Waals surface area contributed by atoms with E-state index in [4.69, 9.17) is 5.11 Å². The number of aryl methyl sites for hydroxylation is 1. The highest BCUT2D eigenvalue weighted by Crippen LogP contribution is 2.44. The van der Waals surface area contributed by atoms with E-state index in [0.29, 0.717) is 6.54 Å². The Bertz CT molecular complexity index is 382. The van der Waals surface area contributed by atoms with E-state index in [0.717, 1.165) is 24.1 Å². The number of thiophene rings is 1. The minimum Gasteiger partial charge on any atom is -0.396 e. The van der Waals surface area contributed by atoms with Gasteiger partial charge in [-0.1, -0.05) is 6.92 Å². The van der Waals surface area contributed by atoms with Crippen LogP contribution in [0.15, 0.2) is 12.1 Å². The standard InChI is InChI=1S/C12H17NO2S/c1-2-9-3-4-10(16-9)11(15)13-7-12(8-14)5-6-12/h3-4,14H,2,5-8H2,1H3,(H,13,15). The van der Waals surface area contributed by atoms with Crippen molar-refractivity contribution in [1.82, 2.24) is 5.32 Å². The van der Waals surface area contributed by atoms with Crippen LogP contribution in [0.5, 0.6) is 0 Å². The van der Waals surface area contributed by atoms with Crippen molar-refractivity contribution in [2.24, 2.45) is 5.41 Å². The van der Waals surface area contributed by atoms with Crippen LogP contribution in [-0.4, -0.2) is 24.2 Å². The Kier molecular flexibility index (Phi) is 3.30. The van der Waals surface area contributed by atoms with Gasteiger partial charge < -0.3 is 10.4 Å². The summed E-state index contributed by atoms with van der Waals surface area (Å²) in [5.74, 6) is -0.00979. The van der Waals surface area contributed by atoms with Gasteiger partial charge in [-0.25, -0.2) is 0 Å². The molecule has 0 bridgehead atoms. The highest BCUT2D eigenvalue weighted by molar-refractivity contribution is 7.14. The SMILES string of the molecule is CCc1ccc(C(=O)NCC2(CO)CC2)s1. The second-order valence-corrected chi connectivity index (χ2v) is 5.63. The third kappa shape index (κ3) is 2.44. The minimum atomic E-state index is -0.0134. The predicted octanol–water partition coefficient (Wildman–Crippen LogP) is 1.81. The monoisotopic (exact) mass is 239 g/mol. The molecular formula is C12H17NO2S. The lowest BCUT2D eigenvalue weighted by Crippen LogP contribution is -2.31. The lowest BCUT2D eigenvalue weighted by molar-refractivity contribution is 0.0939. The van der Waals surface area contributed by atoms with Gasteiger partial charge in [-0.15, -0.1) is 11.3 Å².